The fourth-order valence-electron chi connectivity index (χ4n) is 2.41. The number of nitrogens with two attached hydrogens (primary N) is 1. The molecule has 0 spiro atoms. The van der Waals surface area contributed by atoms with Crippen molar-refractivity contribution in [3.8, 4) is 5.75 Å². The van der Waals surface area contributed by atoms with Crippen LogP contribution in [0.3, 0.4) is 0 Å². The molecule has 0 aromatic heterocycles. The van der Waals surface area contributed by atoms with Crippen molar-refractivity contribution >= 4 is 22.0 Å². The summed E-state index contributed by atoms with van der Waals surface area (Å²) in [5.41, 5.74) is 1.65. The predicted molar refractivity (Wildman–Crippen MR) is 107 cm³/mol. The van der Waals surface area contributed by atoms with Crippen molar-refractivity contribution in [2.24, 2.45) is 5.14 Å². The lowest BCUT2D eigenvalue weighted by molar-refractivity contribution is -0.116. The molecule has 2 rings (SSSR count). The number of benzene rings is 2. The zero-order valence-corrected chi connectivity index (χ0v) is 16.4. The molecule has 0 aliphatic carbocycles. The quantitative estimate of drug-likeness (QED) is 0.463. The van der Waals surface area contributed by atoms with E-state index in [0.29, 0.717) is 19.6 Å². The first-order valence-corrected chi connectivity index (χ1v) is 10.2. The molecule has 1 amide bonds. The van der Waals surface area contributed by atoms with Crippen LogP contribution in [0.4, 0.5) is 0 Å². The summed E-state index contributed by atoms with van der Waals surface area (Å²) in [6, 6.07) is 14.2. The van der Waals surface area contributed by atoms with E-state index in [9.17, 15) is 13.2 Å². The third-order valence-corrected chi connectivity index (χ3v) is 4.73. The molecule has 0 saturated heterocycles. The van der Waals surface area contributed by atoms with Gasteiger partial charge in [-0.25, -0.2) is 13.6 Å². The average Bonchev–Trinajstić information content (AvgIpc) is 2.67. The smallest absolute Gasteiger partial charge is 0.244 e. The number of hydrogen-bond donors (Lipinski definition) is 2. The van der Waals surface area contributed by atoms with Gasteiger partial charge in [0.1, 0.15) is 17.3 Å². The van der Waals surface area contributed by atoms with E-state index in [4.69, 9.17) is 14.6 Å². The molecular formula is C20H24N2O5S. The number of carbonyl (C=O) groups is 1. The van der Waals surface area contributed by atoms with Gasteiger partial charge in [0.05, 0.1) is 6.61 Å². The third kappa shape index (κ3) is 7.15. The Morgan fingerprint density at radius 3 is 2.57 bits per heavy atom. The molecule has 0 radical (unpaired) electrons. The summed E-state index contributed by atoms with van der Waals surface area (Å²) in [6.07, 6.45) is 3.63. The zero-order chi connectivity index (χ0) is 20.4. The normalized spacial score (nSPS) is 11.5. The molecule has 8 heteroatoms. The zero-order valence-electron chi connectivity index (χ0n) is 15.6. The Morgan fingerprint density at radius 1 is 1.14 bits per heavy atom. The van der Waals surface area contributed by atoms with Gasteiger partial charge in [-0.15, -0.1) is 0 Å². The standard InChI is InChI=1S/C20H24N2O5S/c1-26-13-14-27-18-9-7-17(15-19(18)28(21,24)25)11-12-22-20(23)10-8-16-5-3-2-4-6-16/h2-10,15H,11-14H2,1H3,(H,22,23)(H2,21,24,25)/b10-8+. The Bertz CT molecular complexity index is 911. The number of ether oxygens (including phenoxy) is 2. The van der Waals surface area contributed by atoms with Crippen molar-refractivity contribution in [3.63, 3.8) is 0 Å². The maximum Gasteiger partial charge on any atom is 0.244 e. The molecule has 0 heterocycles. The summed E-state index contributed by atoms with van der Waals surface area (Å²) in [7, 11) is -2.41. The van der Waals surface area contributed by atoms with Gasteiger partial charge in [-0.2, -0.15) is 0 Å². The topological polar surface area (TPSA) is 108 Å². The second-order valence-electron chi connectivity index (χ2n) is 5.95. The lowest BCUT2D eigenvalue weighted by atomic mass is 10.1. The summed E-state index contributed by atoms with van der Waals surface area (Å²) in [6.45, 7) is 0.891. The molecule has 150 valence electrons. The number of carbonyl (C=O) groups excluding carboxylic acids is 1. The molecule has 3 N–H and O–H groups in total. The van der Waals surface area contributed by atoms with E-state index in [0.717, 1.165) is 11.1 Å². The fourth-order valence-corrected chi connectivity index (χ4v) is 3.13. The summed E-state index contributed by atoms with van der Waals surface area (Å²) in [4.78, 5) is 11.8. The summed E-state index contributed by atoms with van der Waals surface area (Å²) in [5, 5.41) is 8.05. The van der Waals surface area contributed by atoms with Crippen molar-refractivity contribution in [1.82, 2.24) is 5.32 Å². The molecule has 0 fully saturated rings. The van der Waals surface area contributed by atoms with E-state index in [-0.39, 0.29) is 23.2 Å². The van der Waals surface area contributed by atoms with E-state index >= 15 is 0 Å². The number of rotatable bonds is 10. The lowest BCUT2D eigenvalue weighted by Gasteiger charge is -2.12. The van der Waals surface area contributed by atoms with Gasteiger partial charge < -0.3 is 14.8 Å². The van der Waals surface area contributed by atoms with E-state index in [1.807, 2.05) is 30.3 Å². The second-order valence-corrected chi connectivity index (χ2v) is 7.48. The molecule has 28 heavy (non-hydrogen) atoms. The first kappa shape index (κ1) is 21.6. The van der Waals surface area contributed by atoms with Crippen LogP contribution < -0.4 is 15.2 Å². The molecule has 0 atom stereocenters. The number of hydrogen-bond acceptors (Lipinski definition) is 5. The van der Waals surface area contributed by atoms with Gasteiger partial charge in [0.2, 0.25) is 15.9 Å². The minimum atomic E-state index is -3.94. The minimum Gasteiger partial charge on any atom is -0.490 e. The van der Waals surface area contributed by atoms with Gasteiger partial charge in [-0.1, -0.05) is 36.4 Å². The van der Waals surface area contributed by atoms with Gasteiger partial charge in [0.15, 0.2) is 0 Å². The molecule has 0 aliphatic heterocycles. The number of primary sulfonamides is 1. The van der Waals surface area contributed by atoms with Crippen LogP contribution in [0, 0.1) is 0 Å². The Hall–Kier alpha value is -2.68. The number of nitrogens with one attached hydrogen (secondary N) is 1. The highest BCUT2D eigenvalue weighted by molar-refractivity contribution is 7.89. The predicted octanol–water partition coefficient (Wildman–Crippen LogP) is 1.73. The Morgan fingerprint density at radius 2 is 1.89 bits per heavy atom. The van der Waals surface area contributed by atoms with Gasteiger partial charge in [0, 0.05) is 19.7 Å². The third-order valence-electron chi connectivity index (χ3n) is 3.80. The second kappa shape index (κ2) is 10.6. The molecule has 2 aromatic carbocycles. The van der Waals surface area contributed by atoms with Crippen molar-refractivity contribution in [1.29, 1.82) is 0 Å². The summed E-state index contributed by atoms with van der Waals surface area (Å²) in [5.74, 6) is -0.0480. The van der Waals surface area contributed by atoms with Crippen LogP contribution in [0.15, 0.2) is 59.5 Å². The average molecular weight is 404 g/mol. The van der Waals surface area contributed by atoms with Gasteiger partial charge in [-0.3, -0.25) is 4.79 Å². The van der Waals surface area contributed by atoms with Crippen LogP contribution in [-0.2, 0) is 26.0 Å². The van der Waals surface area contributed by atoms with Crippen LogP contribution in [0.2, 0.25) is 0 Å². The maximum atomic E-state index is 11.9. The van der Waals surface area contributed by atoms with Crippen LogP contribution >= 0.6 is 0 Å². The molecule has 2 aromatic rings. The van der Waals surface area contributed by atoms with Crippen molar-refractivity contribution < 1.29 is 22.7 Å². The molecule has 7 nitrogen and oxygen atoms in total. The molecule has 0 aliphatic rings. The Labute approximate surface area is 165 Å². The van der Waals surface area contributed by atoms with Crippen LogP contribution in [0.5, 0.6) is 5.75 Å². The Kier molecular flexibility index (Phi) is 8.19. The van der Waals surface area contributed by atoms with Crippen LogP contribution in [-0.4, -0.2) is 41.2 Å². The first-order valence-electron chi connectivity index (χ1n) is 8.68. The highest BCUT2D eigenvalue weighted by Gasteiger charge is 2.16. The lowest BCUT2D eigenvalue weighted by Crippen LogP contribution is -2.23. The van der Waals surface area contributed by atoms with Gasteiger partial charge >= 0.3 is 0 Å². The molecular weight excluding hydrogens is 380 g/mol. The van der Waals surface area contributed by atoms with Crippen molar-refractivity contribution in [2.45, 2.75) is 11.3 Å². The first-order chi connectivity index (χ1) is 13.4. The van der Waals surface area contributed by atoms with Crippen LogP contribution in [0.25, 0.3) is 6.08 Å². The Balaban J connectivity index is 1.94. The monoisotopic (exact) mass is 404 g/mol. The molecule has 0 unspecified atom stereocenters. The molecule has 0 saturated carbocycles. The maximum absolute atomic E-state index is 11.9. The van der Waals surface area contributed by atoms with Gasteiger partial charge in [-0.05, 0) is 35.8 Å². The van der Waals surface area contributed by atoms with Crippen molar-refractivity contribution in [2.75, 3.05) is 26.9 Å². The summed E-state index contributed by atoms with van der Waals surface area (Å²) < 4.78 is 34.0. The van der Waals surface area contributed by atoms with E-state index in [2.05, 4.69) is 5.32 Å². The summed E-state index contributed by atoms with van der Waals surface area (Å²) >= 11 is 0. The largest absolute Gasteiger partial charge is 0.490 e. The number of methoxy groups -OCH3 is 1. The highest BCUT2D eigenvalue weighted by atomic mass is 32.2. The minimum absolute atomic E-state index is 0.0867. The van der Waals surface area contributed by atoms with Crippen LogP contribution in [0.1, 0.15) is 11.1 Å². The van der Waals surface area contributed by atoms with E-state index < -0.39 is 10.0 Å². The van der Waals surface area contributed by atoms with Crippen molar-refractivity contribution in [3.05, 3.63) is 65.7 Å². The highest BCUT2D eigenvalue weighted by Crippen LogP contribution is 2.24. The SMILES string of the molecule is COCCOc1ccc(CCNC(=O)/C=C/c2ccccc2)cc1S(N)(=O)=O. The van der Waals surface area contributed by atoms with Gasteiger partial charge in [0.25, 0.3) is 0 Å². The number of sulfonamides is 1. The number of amides is 1. The molecule has 0 bridgehead atoms. The van der Waals surface area contributed by atoms with E-state index in [1.54, 1.807) is 18.2 Å². The van der Waals surface area contributed by atoms with E-state index in [1.165, 1.54) is 19.3 Å². The fraction of sp³-hybridized carbons (Fsp3) is 0.250.